The van der Waals surface area contributed by atoms with E-state index in [1.165, 1.54) is 0 Å². The third kappa shape index (κ3) is 3.96. The van der Waals surface area contributed by atoms with Gasteiger partial charge in [0.25, 0.3) is 0 Å². The molecule has 1 aromatic carbocycles. The van der Waals surface area contributed by atoms with Crippen molar-refractivity contribution in [1.82, 2.24) is 5.32 Å². The lowest BCUT2D eigenvalue weighted by molar-refractivity contribution is -0.139. The first-order valence-corrected chi connectivity index (χ1v) is 5.50. The van der Waals surface area contributed by atoms with Gasteiger partial charge in [-0.1, -0.05) is 19.9 Å². The lowest BCUT2D eigenvalue weighted by atomic mass is 10.0. The molecule has 1 unspecified atom stereocenters. The molecule has 102 valence electrons. The number of rotatable bonds is 4. The Labute approximate surface area is 103 Å². The van der Waals surface area contributed by atoms with Gasteiger partial charge in [-0.2, -0.15) is 13.2 Å². The summed E-state index contributed by atoms with van der Waals surface area (Å²) in [4.78, 5) is 0. The highest BCUT2D eigenvalue weighted by Gasteiger charge is 2.35. The molecule has 0 amide bonds. The Morgan fingerprint density at radius 3 is 2.39 bits per heavy atom. The zero-order valence-corrected chi connectivity index (χ0v) is 10.1. The molecule has 6 heteroatoms. The molecule has 0 heterocycles. The summed E-state index contributed by atoms with van der Waals surface area (Å²) in [5.74, 6) is -0.977. The molecule has 1 rings (SSSR count). The maximum atomic E-state index is 12.9. The Balaban J connectivity index is 3.00. The standard InChI is InChI=1S/C12H15F4NO/c1-7(2)17-6-11(18)9-4-3-8(13)5-10(9)12(14,15)16/h3-5,7,11,17-18H,6H2,1-2H3. The summed E-state index contributed by atoms with van der Waals surface area (Å²) in [6.45, 7) is 3.59. The highest BCUT2D eigenvalue weighted by atomic mass is 19.4. The second-order valence-electron chi connectivity index (χ2n) is 4.31. The number of aliphatic hydroxyl groups excluding tert-OH is 1. The summed E-state index contributed by atoms with van der Waals surface area (Å²) < 4.78 is 50.9. The van der Waals surface area contributed by atoms with Gasteiger partial charge in [-0.25, -0.2) is 4.39 Å². The van der Waals surface area contributed by atoms with Crippen LogP contribution in [0.3, 0.4) is 0 Å². The molecule has 0 fully saturated rings. The van der Waals surface area contributed by atoms with E-state index in [1.54, 1.807) is 0 Å². The number of halogens is 4. The molecule has 0 bridgehead atoms. The zero-order valence-electron chi connectivity index (χ0n) is 10.1. The molecule has 1 atom stereocenters. The van der Waals surface area contributed by atoms with Crippen LogP contribution in [0.2, 0.25) is 0 Å². The van der Waals surface area contributed by atoms with E-state index in [9.17, 15) is 22.7 Å². The smallest absolute Gasteiger partial charge is 0.387 e. The largest absolute Gasteiger partial charge is 0.416 e. The summed E-state index contributed by atoms with van der Waals surface area (Å²) in [7, 11) is 0. The van der Waals surface area contributed by atoms with Gasteiger partial charge < -0.3 is 10.4 Å². The van der Waals surface area contributed by atoms with Crippen molar-refractivity contribution in [1.29, 1.82) is 0 Å². The molecule has 0 aromatic heterocycles. The van der Waals surface area contributed by atoms with E-state index in [4.69, 9.17) is 0 Å². The molecule has 18 heavy (non-hydrogen) atoms. The summed E-state index contributed by atoms with van der Waals surface area (Å²) >= 11 is 0. The van der Waals surface area contributed by atoms with Gasteiger partial charge in [-0.3, -0.25) is 0 Å². The molecule has 2 N–H and O–H groups in total. The van der Waals surface area contributed by atoms with E-state index < -0.39 is 23.7 Å². The summed E-state index contributed by atoms with van der Waals surface area (Å²) in [6, 6.07) is 2.30. The van der Waals surface area contributed by atoms with Crippen molar-refractivity contribution in [2.45, 2.75) is 32.2 Å². The number of hydrogen-bond donors (Lipinski definition) is 2. The minimum Gasteiger partial charge on any atom is -0.387 e. The Bertz CT molecular complexity index is 404. The fraction of sp³-hybridized carbons (Fsp3) is 0.500. The molecule has 0 aliphatic carbocycles. The number of aliphatic hydroxyl groups is 1. The van der Waals surface area contributed by atoms with Crippen LogP contribution in [0.1, 0.15) is 31.1 Å². The van der Waals surface area contributed by atoms with Gasteiger partial charge in [0.05, 0.1) is 11.7 Å². The van der Waals surface area contributed by atoms with Crippen LogP contribution in [-0.4, -0.2) is 17.7 Å². The molecule has 1 aromatic rings. The zero-order chi connectivity index (χ0) is 13.9. The van der Waals surface area contributed by atoms with Gasteiger partial charge in [-0.05, 0) is 17.7 Å². The van der Waals surface area contributed by atoms with Crippen LogP contribution >= 0.6 is 0 Å². The van der Waals surface area contributed by atoms with Gasteiger partial charge in [0.15, 0.2) is 0 Å². The summed E-state index contributed by atoms with van der Waals surface area (Å²) in [6.07, 6.45) is -6.01. The average Bonchev–Trinajstić information content (AvgIpc) is 2.24. The van der Waals surface area contributed by atoms with Crippen molar-refractivity contribution >= 4 is 0 Å². The van der Waals surface area contributed by atoms with Crippen LogP contribution in [0, 0.1) is 5.82 Å². The average molecular weight is 265 g/mol. The quantitative estimate of drug-likeness (QED) is 0.820. The van der Waals surface area contributed by atoms with E-state index in [1.807, 2.05) is 13.8 Å². The number of alkyl halides is 3. The van der Waals surface area contributed by atoms with E-state index >= 15 is 0 Å². The molecule has 0 radical (unpaired) electrons. The Kier molecular flexibility index (Phi) is 4.70. The predicted molar refractivity (Wildman–Crippen MR) is 59.5 cm³/mol. The third-order valence-corrected chi connectivity index (χ3v) is 2.40. The topological polar surface area (TPSA) is 32.3 Å². The number of hydrogen-bond acceptors (Lipinski definition) is 2. The van der Waals surface area contributed by atoms with Crippen molar-refractivity contribution in [3.05, 3.63) is 35.1 Å². The second-order valence-corrected chi connectivity index (χ2v) is 4.31. The molecular weight excluding hydrogens is 250 g/mol. The first-order valence-electron chi connectivity index (χ1n) is 5.50. The van der Waals surface area contributed by atoms with Crippen molar-refractivity contribution in [2.24, 2.45) is 0 Å². The third-order valence-electron chi connectivity index (χ3n) is 2.40. The van der Waals surface area contributed by atoms with Crippen LogP contribution in [0.15, 0.2) is 18.2 Å². The minimum absolute atomic E-state index is 0.0214. The van der Waals surface area contributed by atoms with E-state index in [-0.39, 0.29) is 18.2 Å². The first kappa shape index (κ1) is 14.9. The van der Waals surface area contributed by atoms with E-state index in [0.717, 1.165) is 12.1 Å². The molecule has 2 nitrogen and oxygen atoms in total. The van der Waals surface area contributed by atoms with Crippen LogP contribution in [0.4, 0.5) is 17.6 Å². The Morgan fingerprint density at radius 1 is 1.28 bits per heavy atom. The molecular formula is C12H15F4NO. The minimum atomic E-state index is -4.68. The Morgan fingerprint density at radius 2 is 1.89 bits per heavy atom. The van der Waals surface area contributed by atoms with Crippen molar-refractivity contribution in [3.8, 4) is 0 Å². The van der Waals surface area contributed by atoms with E-state index in [2.05, 4.69) is 5.32 Å². The van der Waals surface area contributed by atoms with Gasteiger partial charge in [0.2, 0.25) is 0 Å². The van der Waals surface area contributed by atoms with Crippen LogP contribution in [0.5, 0.6) is 0 Å². The SMILES string of the molecule is CC(C)NCC(O)c1ccc(F)cc1C(F)(F)F. The molecule has 0 aliphatic rings. The lowest BCUT2D eigenvalue weighted by Crippen LogP contribution is -2.29. The fourth-order valence-corrected chi connectivity index (χ4v) is 1.52. The van der Waals surface area contributed by atoms with Gasteiger partial charge in [0.1, 0.15) is 5.82 Å². The highest BCUT2D eigenvalue weighted by Crippen LogP contribution is 2.35. The van der Waals surface area contributed by atoms with E-state index in [0.29, 0.717) is 6.07 Å². The Hall–Kier alpha value is -1.14. The van der Waals surface area contributed by atoms with Gasteiger partial charge in [-0.15, -0.1) is 0 Å². The normalized spacial score (nSPS) is 14.0. The number of benzene rings is 1. The molecule has 0 aliphatic heterocycles. The first-order chi connectivity index (χ1) is 8.21. The number of nitrogens with one attached hydrogen (secondary N) is 1. The summed E-state index contributed by atoms with van der Waals surface area (Å²) in [5.41, 5.74) is -1.46. The van der Waals surface area contributed by atoms with Crippen molar-refractivity contribution < 1.29 is 22.7 Å². The van der Waals surface area contributed by atoms with Crippen LogP contribution in [0.25, 0.3) is 0 Å². The van der Waals surface area contributed by atoms with Crippen LogP contribution < -0.4 is 5.32 Å². The second kappa shape index (κ2) is 5.67. The van der Waals surface area contributed by atoms with Gasteiger partial charge in [0, 0.05) is 12.6 Å². The predicted octanol–water partition coefficient (Wildman–Crippen LogP) is 2.88. The lowest BCUT2D eigenvalue weighted by Gasteiger charge is -2.19. The van der Waals surface area contributed by atoms with Crippen molar-refractivity contribution in [3.63, 3.8) is 0 Å². The summed E-state index contributed by atoms with van der Waals surface area (Å²) in [5, 5.41) is 12.5. The molecule has 0 saturated carbocycles. The molecule has 0 spiro atoms. The highest BCUT2D eigenvalue weighted by molar-refractivity contribution is 5.32. The van der Waals surface area contributed by atoms with Crippen molar-refractivity contribution in [2.75, 3.05) is 6.54 Å². The molecule has 0 saturated heterocycles. The van der Waals surface area contributed by atoms with Gasteiger partial charge >= 0.3 is 6.18 Å². The maximum absolute atomic E-state index is 12.9. The maximum Gasteiger partial charge on any atom is 0.416 e. The van der Waals surface area contributed by atoms with Crippen LogP contribution in [-0.2, 0) is 6.18 Å². The fourth-order valence-electron chi connectivity index (χ4n) is 1.52. The monoisotopic (exact) mass is 265 g/mol.